The summed E-state index contributed by atoms with van der Waals surface area (Å²) < 4.78 is 0. The molecule has 2 aromatic rings. The van der Waals surface area contributed by atoms with Crippen molar-refractivity contribution in [2.75, 3.05) is 0 Å². The van der Waals surface area contributed by atoms with Crippen molar-refractivity contribution in [3.05, 3.63) is 132 Å². The van der Waals surface area contributed by atoms with Gasteiger partial charge in [0.05, 0.1) is 22.5 Å². The quantitative estimate of drug-likeness (QED) is 0.606. The van der Waals surface area contributed by atoms with Gasteiger partial charge in [-0.25, -0.2) is 0 Å². The predicted molar refractivity (Wildman–Crippen MR) is 138 cm³/mol. The Morgan fingerprint density at radius 3 is 1.40 bits per heavy atom. The highest BCUT2D eigenvalue weighted by Crippen LogP contribution is 2.49. The number of hydrogen-bond donors (Lipinski definition) is 0. The summed E-state index contributed by atoms with van der Waals surface area (Å²) in [7, 11) is 0. The number of rotatable bonds is 4. The van der Waals surface area contributed by atoms with Crippen LogP contribution in [0.1, 0.15) is 25.0 Å². The van der Waals surface area contributed by atoms with Crippen LogP contribution in [0.15, 0.2) is 121 Å². The highest BCUT2D eigenvalue weighted by Gasteiger charge is 2.56. The monoisotopic (exact) mass is 458 g/mol. The molecule has 2 atom stereocenters. The van der Waals surface area contributed by atoms with Gasteiger partial charge in [-0.2, -0.15) is 0 Å². The van der Waals surface area contributed by atoms with E-state index in [9.17, 15) is 9.59 Å². The van der Waals surface area contributed by atoms with Crippen LogP contribution >= 0.6 is 0 Å². The Morgan fingerprint density at radius 1 is 0.600 bits per heavy atom. The Kier molecular flexibility index (Phi) is 4.85. The van der Waals surface area contributed by atoms with E-state index in [1.54, 1.807) is 0 Å². The maximum atomic E-state index is 14.2. The lowest BCUT2D eigenvalue weighted by molar-refractivity contribution is -0.125. The minimum absolute atomic E-state index is 0.0476. The Labute approximate surface area is 205 Å². The fourth-order valence-electron chi connectivity index (χ4n) is 5.90. The Bertz CT molecular complexity index is 1300. The molecule has 4 aliphatic rings. The molecule has 0 amide bonds. The average Bonchev–Trinajstić information content (AvgIpc) is 3.35. The predicted octanol–water partition coefficient (Wildman–Crippen LogP) is 5.51. The number of allylic oxidation sites excluding steroid dienone is 6. The smallest absolute Gasteiger partial charge is 0.188 e. The van der Waals surface area contributed by atoms with Crippen LogP contribution in [0.25, 0.3) is 11.1 Å². The molecule has 0 radical (unpaired) electrons. The zero-order valence-electron chi connectivity index (χ0n) is 19.8. The summed E-state index contributed by atoms with van der Waals surface area (Å²) in [6, 6.07) is 18.6. The van der Waals surface area contributed by atoms with Gasteiger partial charge in [-0.1, -0.05) is 86.7 Å². The van der Waals surface area contributed by atoms with Gasteiger partial charge in [0.15, 0.2) is 11.6 Å². The van der Waals surface area contributed by atoms with Crippen molar-refractivity contribution in [1.82, 2.24) is 9.80 Å². The molecule has 0 aromatic heterocycles. The van der Waals surface area contributed by atoms with E-state index >= 15 is 0 Å². The SMILES string of the molecule is CC(C)(C1C(=O)C(c2ccccc2)=C2C=CC=CN21)C1C(=O)C(c2ccccc2)=C2C=CC=CN21. The summed E-state index contributed by atoms with van der Waals surface area (Å²) in [5, 5.41) is 0. The summed E-state index contributed by atoms with van der Waals surface area (Å²) in [6.45, 7) is 4.10. The van der Waals surface area contributed by atoms with E-state index in [4.69, 9.17) is 0 Å². The highest BCUT2D eigenvalue weighted by molar-refractivity contribution is 6.29. The minimum Gasteiger partial charge on any atom is -0.336 e. The van der Waals surface area contributed by atoms with Crippen LogP contribution in [0.5, 0.6) is 0 Å². The number of carbonyl (C=O) groups is 2. The van der Waals surface area contributed by atoms with Crippen molar-refractivity contribution in [3.63, 3.8) is 0 Å². The molecule has 4 heterocycles. The molecular formula is C31H26N2O2. The van der Waals surface area contributed by atoms with E-state index < -0.39 is 17.5 Å². The molecule has 0 spiro atoms. The highest BCUT2D eigenvalue weighted by atomic mass is 16.1. The molecule has 35 heavy (non-hydrogen) atoms. The van der Waals surface area contributed by atoms with E-state index in [2.05, 4.69) is 9.80 Å². The van der Waals surface area contributed by atoms with Crippen molar-refractivity contribution in [3.8, 4) is 0 Å². The van der Waals surface area contributed by atoms with E-state index in [0.717, 1.165) is 22.5 Å². The zero-order chi connectivity index (χ0) is 24.2. The fourth-order valence-corrected chi connectivity index (χ4v) is 5.90. The lowest BCUT2D eigenvalue weighted by atomic mass is 9.72. The minimum atomic E-state index is -0.706. The molecular weight excluding hydrogens is 432 g/mol. The van der Waals surface area contributed by atoms with Gasteiger partial charge >= 0.3 is 0 Å². The topological polar surface area (TPSA) is 40.6 Å². The third-order valence-electron chi connectivity index (χ3n) is 7.37. The number of ketones is 2. The van der Waals surface area contributed by atoms with Crippen molar-refractivity contribution >= 4 is 22.7 Å². The van der Waals surface area contributed by atoms with E-state index in [1.807, 2.05) is 123 Å². The molecule has 0 saturated heterocycles. The van der Waals surface area contributed by atoms with Crippen molar-refractivity contribution in [1.29, 1.82) is 0 Å². The van der Waals surface area contributed by atoms with Crippen LogP contribution in [0, 0.1) is 5.41 Å². The second-order valence-corrected chi connectivity index (χ2v) is 9.82. The Hall–Kier alpha value is -4.18. The van der Waals surface area contributed by atoms with Crippen molar-refractivity contribution in [2.24, 2.45) is 5.41 Å². The number of nitrogens with zero attached hydrogens (tertiary/aromatic N) is 2. The van der Waals surface area contributed by atoms with E-state index in [0.29, 0.717) is 11.1 Å². The van der Waals surface area contributed by atoms with Gasteiger partial charge in [0, 0.05) is 17.8 Å². The molecule has 4 heteroatoms. The van der Waals surface area contributed by atoms with E-state index in [1.165, 1.54) is 0 Å². The Morgan fingerprint density at radius 2 is 1.00 bits per heavy atom. The van der Waals surface area contributed by atoms with E-state index in [-0.39, 0.29) is 11.6 Å². The fraction of sp³-hybridized carbons (Fsp3) is 0.161. The van der Waals surface area contributed by atoms with Gasteiger partial charge in [0.2, 0.25) is 0 Å². The van der Waals surface area contributed by atoms with Crippen molar-refractivity contribution in [2.45, 2.75) is 25.9 Å². The molecule has 4 nitrogen and oxygen atoms in total. The molecule has 6 rings (SSSR count). The first-order valence-corrected chi connectivity index (χ1v) is 11.9. The molecule has 4 aliphatic heterocycles. The lowest BCUT2D eigenvalue weighted by Crippen LogP contribution is -2.55. The zero-order valence-corrected chi connectivity index (χ0v) is 19.8. The van der Waals surface area contributed by atoms with Crippen LogP contribution < -0.4 is 0 Å². The number of fused-ring (bicyclic) bond motifs is 2. The number of carbonyl (C=O) groups excluding carboxylic acids is 2. The molecule has 2 unspecified atom stereocenters. The third-order valence-corrected chi connectivity index (χ3v) is 7.37. The standard InChI is InChI=1S/C31H26N2O2/c1-31(2,29-27(34)25(21-13-5-3-6-14-21)23-17-9-11-19-32(23)29)30-28(35)26(22-15-7-4-8-16-22)24-18-10-12-20-33(24)30/h3-20,29-30H,1-2H3. The van der Waals surface area contributed by atoms with Crippen LogP contribution in [0.3, 0.4) is 0 Å². The first-order valence-electron chi connectivity index (χ1n) is 11.9. The average molecular weight is 459 g/mol. The van der Waals surface area contributed by atoms with Gasteiger partial charge in [-0.15, -0.1) is 0 Å². The second-order valence-electron chi connectivity index (χ2n) is 9.82. The largest absolute Gasteiger partial charge is 0.336 e. The van der Waals surface area contributed by atoms with Crippen LogP contribution in [0.2, 0.25) is 0 Å². The van der Waals surface area contributed by atoms with Gasteiger partial charge in [0.1, 0.15) is 12.1 Å². The molecule has 0 saturated carbocycles. The molecule has 0 aliphatic carbocycles. The summed E-state index contributed by atoms with van der Waals surface area (Å²) in [6.07, 6.45) is 15.7. The van der Waals surface area contributed by atoms with Crippen LogP contribution in [0.4, 0.5) is 0 Å². The third kappa shape index (κ3) is 3.13. The first kappa shape index (κ1) is 21.4. The number of benzene rings is 2. The van der Waals surface area contributed by atoms with Gasteiger partial charge < -0.3 is 9.80 Å². The van der Waals surface area contributed by atoms with Gasteiger partial charge in [0.25, 0.3) is 0 Å². The van der Waals surface area contributed by atoms with Gasteiger partial charge in [-0.3, -0.25) is 9.59 Å². The Balaban J connectivity index is 1.45. The normalized spacial score (nSPS) is 23.0. The summed E-state index contributed by atoms with van der Waals surface area (Å²) in [5.41, 5.74) is 4.29. The molecule has 0 fully saturated rings. The first-order chi connectivity index (χ1) is 17.0. The molecule has 0 bridgehead atoms. The summed E-state index contributed by atoms with van der Waals surface area (Å²) >= 11 is 0. The summed E-state index contributed by atoms with van der Waals surface area (Å²) in [5.74, 6) is 0.0953. The van der Waals surface area contributed by atoms with Crippen LogP contribution in [-0.4, -0.2) is 33.4 Å². The summed E-state index contributed by atoms with van der Waals surface area (Å²) in [4.78, 5) is 32.4. The van der Waals surface area contributed by atoms with Crippen molar-refractivity contribution < 1.29 is 9.59 Å². The van der Waals surface area contributed by atoms with Gasteiger partial charge in [-0.05, 0) is 35.4 Å². The molecule has 172 valence electrons. The number of Topliss-reactive ketones (excluding diaryl/α,β-unsaturated/α-hetero) is 2. The number of hydrogen-bond acceptors (Lipinski definition) is 4. The molecule has 0 N–H and O–H groups in total. The maximum Gasteiger partial charge on any atom is 0.188 e. The molecule has 2 aromatic carbocycles. The lowest BCUT2D eigenvalue weighted by Gasteiger charge is -2.44. The maximum absolute atomic E-state index is 14.2. The van der Waals surface area contributed by atoms with Crippen LogP contribution in [-0.2, 0) is 9.59 Å². The second kappa shape index (κ2) is 7.95.